The molecule has 0 radical (unpaired) electrons. The van der Waals surface area contributed by atoms with E-state index in [1.165, 1.54) is 89.9 Å². The minimum Gasteiger partial charge on any atom is -0.462 e. The average molecular weight is 796 g/mol. The van der Waals surface area contributed by atoms with E-state index >= 15 is 0 Å². The first-order valence-corrected chi connectivity index (χ1v) is 23.7. The van der Waals surface area contributed by atoms with Crippen molar-refractivity contribution in [2.45, 2.75) is 232 Å². The van der Waals surface area contributed by atoms with Gasteiger partial charge in [-0.2, -0.15) is 0 Å². The van der Waals surface area contributed by atoms with Crippen LogP contribution in [0.5, 0.6) is 0 Å². The van der Waals surface area contributed by atoms with Crippen LogP contribution in [-0.4, -0.2) is 46.9 Å². The van der Waals surface area contributed by atoms with Gasteiger partial charge in [-0.1, -0.05) is 216 Å². The van der Waals surface area contributed by atoms with Crippen LogP contribution in [0, 0.1) is 0 Å². The first kappa shape index (κ1) is 54.3. The number of allylic oxidation sites excluding steroid dienone is 12. The highest BCUT2D eigenvalue weighted by atomic mass is 16.5. The van der Waals surface area contributed by atoms with E-state index in [-0.39, 0.29) is 24.9 Å². The van der Waals surface area contributed by atoms with Crippen molar-refractivity contribution < 1.29 is 24.5 Å². The summed E-state index contributed by atoms with van der Waals surface area (Å²) < 4.78 is 5.83. The molecule has 0 saturated carbocycles. The highest BCUT2D eigenvalue weighted by molar-refractivity contribution is 5.77. The molecule has 0 fully saturated rings. The van der Waals surface area contributed by atoms with Crippen molar-refractivity contribution in [2.75, 3.05) is 6.61 Å². The number of aliphatic hydroxyl groups excluding tert-OH is 2. The van der Waals surface area contributed by atoms with Gasteiger partial charge in [-0.25, -0.2) is 0 Å². The minimum atomic E-state index is -0.805. The Balaban J connectivity index is 4.51. The maximum absolute atomic E-state index is 13.1. The molecule has 0 aliphatic heterocycles. The number of unbranched alkanes of at least 4 members (excludes halogenated alkanes) is 21. The van der Waals surface area contributed by atoms with Crippen molar-refractivity contribution in [1.82, 2.24) is 5.32 Å². The summed E-state index contributed by atoms with van der Waals surface area (Å²) in [6.07, 6.45) is 55.5. The smallest absolute Gasteiger partial charge is 0.306 e. The number of rotatable bonds is 41. The van der Waals surface area contributed by atoms with Crippen LogP contribution in [0.25, 0.3) is 0 Å². The Hall–Kier alpha value is -2.70. The number of esters is 1. The lowest BCUT2D eigenvalue weighted by Crippen LogP contribution is -2.46. The average Bonchev–Trinajstić information content (AvgIpc) is 3.20. The van der Waals surface area contributed by atoms with Crippen LogP contribution in [0.3, 0.4) is 0 Å². The largest absolute Gasteiger partial charge is 0.462 e. The van der Waals surface area contributed by atoms with Gasteiger partial charge in [0, 0.05) is 6.42 Å². The predicted octanol–water partition coefficient (Wildman–Crippen LogP) is 13.8. The number of hydrogen-bond acceptors (Lipinski definition) is 5. The first-order valence-electron chi connectivity index (χ1n) is 23.7. The van der Waals surface area contributed by atoms with Gasteiger partial charge >= 0.3 is 5.97 Å². The molecule has 3 unspecified atom stereocenters. The van der Waals surface area contributed by atoms with Gasteiger partial charge in [-0.05, 0) is 57.8 Å². The molecule has 6 heteroatoms. The fraction of sp³-hybridized carbons (Fsp3) is 0.725. The Kier molecular flexibility index (Phi) is 42.3. The lowest BCUT2D eigenvalue weighted by atomic mass is 10.0. The van der Waals surface area contributed by atoms with Gasteiger partial charge in [-0.15, -0.1) is 0 Å². The van der Waals surface area contributed by atoms with Crippen LogP contribution >= 0.6 is 0 Å². The van der Waals surface area contributed by atoms with E-state index in [0.29, 0.717) is 25.7 Å². The summed E-state index contributed by atoms with van der Waals surface area (Å²) in [5.74, 6) is -0.587. The number of ether oxygens (including phenoxy) is 1. The highest BCUT2D eigenvalue weighted by Crippen LogP contribution is 2.17. The van der Waals surface area contributed by atoms with E-state index in [2.05, 4.69) is 44.3 Å². The summed E-state index contributed by atoms with van der Waals surface area (Å²) in [5.41, 5.74) is 0. The maximum atomic E-state index is 13.1. The van der Waals surface area contributed by atoms with Crippen LogP contribution in [-0.2, 0) is 14.3 Å². The number of aliphatic hydroxyl groups is 2. The van der Waals surface area contributed by atoms with E-state index in [0.717, 1.165) is 70.6 Å². The maximum Gasteiger partial charge on any atom is 0.306 e. The zero-order valence-electron chi connectivity index (χ0n) is 37.2. The summed E-state index contributed by atoms with van der Waals surface area (Å²) in [5, 5.41) is 23.7. The van der Waals surface area contributed by atoms with Crippen LogP contribution in [0.4, 0.5) is 0 Å². The normalized spacial score (nSPS) is 14.0. The standard InChI is InChI=1S/C51H89NO5/c1-4-7-10-13-16-19-21-23-24-25-26-28-29-31-34-37-40-43-49(54)48(46-53)52-50(55)45-47(42-39-36-33-18-15-12-9-6-3)57-51(56)44-41-38-35-32-30-27-22-20-17-14-11-8-5-2/h8,11-12,14-15,17,20,22,27,30,32,35,47-49,53-54H,4-7,9-10,13,16,18-19,21,23-26,28-29,31,33-34,36-46H2,1-3H3,(H,52,55)/b11-8+,15-12-,17-14+,22-20-,30-27-,35-32+. The van der Waals surface area contributed by atoms with Crippen molar-refractivity contribution in [3.05, 3.63) is 72.9 Å². The number of carbonyl (C=O) groups excluding carboxylic acids is 2. The second-order valence-corrected chi connectivity index (χ2v) is 15.9. The van der Waals surface area contributed by atoms with Crippen LogP contribution in [0.1, 0.15) is 213 Å². The fourth-order valence-electron chi connectivity index (χ4n) is 6.81. The Morgan fingerprint density at radius 2 is 1.00 bits per heavy atom. The molecule has 0 saturated heterocycles. The van der Waals surface area contributed by atoms with E-state index in [1.54, 1.807) is 0 Å². The molecule has 0 heterocycles. The highest BCUT2D eigenvalue weighted by Gasteiger charge is 2.24. The van der Waals surface area contributed by atoms with Gasteiger partial charge in [0.2, 0.25) is 5.91 Å². The molecule has 6 nitrogen and oxygen atoms in total. The minimum absolute atomic E-state index is 0.0345. The number of nitrogens with one attached hydrogen (secondary N) is 1. The monoisotopic (exact) mass is 796 g/mol. The molecular formula is C51H89NO5. The molecule has 0 aromatic rings. The Labute approximate surface area is 351 Å². The first-order chi connectivity index (χ1) is 28.0. The molecule has 57 heavy (non-hydrogen) atoms. The van der Waals surface area contributed by atoms with Crippen molar-refractivity contribution in [2.24, 2.45) is 0 Å². The molecule has 0 aliphatic carbocycles. The van der Waals surface area contributed by atoms with Gasteiger partial charge in [0.15, 0.2) is 0 Å². The van der Waals surface area contributed by atoms with Gasteiger partial charge < -0.3 is 20.3 Å². The Bertz CT molecular complexity index is 1070. The zero-order chi connectivity index (χ0) is 41.7. The molecule has 0 spiro atoms. The van der Waals surface area contributed by atoms with Crippen molar-refractivity contribution in [3.63, 3.8) is 0 Å². The van der Waals surface area contributed by atoms with Crippen LogP contribution in [0.2, 0.25) is 0 Å². The van der Waals surface area contributed by atoms with E-state index in [4.69, 9.17) is 4.74 Å². The SMILES string of the molecule is CC/C=C/C=C/C=C\C=C/C=C/CCCC(=O)OC(CCCCC/C=C\CCC)CC(=O)NC(CO)C(O)CCCCCCCCCCCCCCCCCCC. The fourth-order valence-corrected chi connectivity index (χ4v) is 6.81. The van der Waals surface area contributed by atoms with E-state index in [9.17, 15) is 19.8 Å². The molecule has 0 aromatic carbocycles. The number of carbonyl (C=O) groups is 2. The van der Waals surface area contributed by atoms with E-state index < -0.39 is 18.2 Å². The van der Waals surface area contributed by atoms with Gasteiger partial charge in [-0.3, -0.25) is 9.59 Å². The van der Waals surface area contributed by atoms with Crippen LogP contribution in [0.15, 0.2) is 72.9 Å². The summed E-state index contributed by atoms with van der Waals surface area (Å²) >= 11 is 0. The molecule has 0 rings (SSSR count). The summed E-state index contributed by atoms with van der Waals surface area (Å²) in [6, 6.07) is -0.722. The van der Waals surface area contributed by atoms with Crippen LogP contribution < -0.4 is 5.32 Å². The molecule has 3 atom stereocenters. The lowest BCUT2D eigenvalue weighted by Gasteiger charge is -2.24. The van der Waals surface area contributed by atoms with Gasteiger partial charge in [0.25, 0.3) is 0 Å². The van der Waals surface area contributed by atoms with Crippen molar-refractivity contribution in [1.29, 1.82) is 0 Å². The molecule has 0 bridgehead atoms. The summed E-state index contributed by atoms with van der Waals surface area (Å²) in [4.78, 5) is 25.9. The zero-order valence-corrected chi connectivity index (χ0v) is 37.2. The third-order valence-corrected chi connectivity index (χ3v) is 10.4. The quantitative estimate of drug-likeness (QED) is 0.0248. The molecule has 328 valence electrons. The Morgan fingerprint density at radius 3 is 1.54 bits per heavy atom. The summed E-state index contributed by atoms with van der Waals surface area (Å²) in [7, 11) is 0. The van der Waals surface area contributed by atoms with Crippen molar-refractivity contribution >= 4 is 11.9 Å². The third kappa shape index (κ3) is 39.9. The Morgan fingerprint density at radius 1 is 0.526 bits per heavy atom. The van der Waals surface area contributed by atoms with E-state index in [1.807, 2.05) is 54.7 Å². The molecule has 3 N–H and O–H groups in total. The number of hydrogen-bond donors (Lipinski definition) is 3. The van der Waals surface area contributed by atoms with Gasteiger partial charge in [0.05, 0.1) is 25.2 Å². The summed E-state index contributed by atoms with van der Waals surface area (Å²) in [6.45, 7) is 6.24. The molecular weight excluding hydrogens is 707 g/mol. The topological polar surface area (TPSA) is 95.9 Å². The molecule has 0 aliphatic rings. The number of amides is 1. The second kappa shape index (κ2) is 44.4. The van der Waals surface area contributed by atoms with Gasteiger partial charge in [0.1, 0.15) is 6.10 Å². The molecule has 1 amide bonds. The van der Waals surface area contributed by atoms with Crippen molar-refractivity contribution in [3.8, 4) is 0 Å². The third-order valence-electron chi connectivity index (χ3n) is 10.4. The lowest BCUT2D eigenvalue weighted by molar-refractivity contribution is -0.151. The second-order valence-electron chi connectivity index (χ2n) is 15.9. The predicted molar refractivity (Wildman–Crippen MR) is 245 cm³/mol. The molecule has 0 aromatic heterocycles.